The molecule has 0 aromatic heterocycles. The van der Waals surface area contributed by atoms with Crippen LogP contribution in [0.4, 0.5) is 0 Å². The number of carbonyl (C=O) groups excluding carboxylic acids is 2. The van der Waals surface area contributed by atoms with Crippen LogP contribution in [0.1, 0.15) is 35.7 Å². The quantitative estimate of drug-likeness (QED) is 0.842. The molecule has 0 unspecified atom stereocenters. The zero-order chi connectivity index (χ0) is 16.8. The van der Waals surface area contributed by atoms with Gasteiger partial charge in [0.05, 0.1) is 12.7 Å². The number of rotatable bonds is 5. The largest absolute Gasteiger partial charge is 0.465 e. The predicted molar refractivity (Wildman–Crippen MR) is 89.3 cm³/mol. The first-order chi connectivity index (χ1) is 11.0. The molecule has 0 radical (unpaired) electrons. The lowest BCUT2D eigenvalue weighted by Gasteiger charge is -2.34. The van der Waals surface area contributed by atoms with Gasteiger partial charge >= 0.3 is 5.97 Å². The van der Waals surface area contributed by atoms with Crippen molar-refractivity contribution in [2.75, 3.05) is 27.2 Å². The van der Waals surface area contributed by atoms with Gasteiger partial charge in [-0.05, 0) is 57.5 Å². The van der Waals surface area contributed by atoms with Crippen molar-refractivity contribution in [3.8, 4) is 0 Å². The highest BCUT2D eigenvalue weighted by molar-refractivity contribution is 5.89. The fourth-order valence-corrected chi connectivity index (χ4v) is 2.97. The number of benzene rings is 1. The summed E-state index contributed by atoms with van der Waals surface area (Å²) >= 11 is 0. The molecule has 0 bridgehead atoms. The number of nitrogens with one attached hydrogen (secondary N) is 1. The minimum absolute atomic E-state index is 0.114. The lowest BCUT2D eigenvalue weighted by Crippen LogP contribution is -2.43. The Kier molecular flexibility index (Phi) is 6.16. The van der Waals surface area contributed by atoms with Gasteiger partial charge in [-0.2, -0.15) is 0 Å². The molecule has 1 heterocycles. The second kappa shape index (κ2) is 8.11. The molecular formula is C18H26N2O3. The third-order valence-electron chi connectivity index (χ3n) is 4.64. The minimum atomic E-state index is -0.337. The standard InChI is InChI=1S/C18H26N2O3/c1-13-11-15(8-10-20(13)2)17(21)19-9-7-14-5-4-6-16(12-14)18(22)23-3/h4-6,12-13,15H,7-11H2,1-3H3,(H,19,21)/t13-,15-/m0/s1. The Bertz CT molecular complexity index is 559. The van der Waals surface area contributed by atoms with E-state index in [-0.39, 0.29) is 17.8 Å². The van der Waals surface area contributed by atoms with Gasteiger partial charge in [0.2, 0.25) is 5.91 Å². The van der Waals surface area contributed by atoms with Gasteiger partial charge in [0.1, 0.15) is 0 Å². The second-order valence-corrected chi connectivity index (χ2v) is 6.28. The number of hydrogen-bond acceptors (Lipinski definition) is 4. The maximum absolute atomic E-state index is 12.3. The fraction of sp³-hybridized carbons (Fsp3) is 0.556. The molecule has 2 atom stereocenters. The number of esters is 1. The van der Waals surface area contributed by atoms with E-state index in [2.05, 4.69) is 24.2 Å². The van der Waals surface area contributed by atoms with E-state index >= 15 is 0 Å². The van der Waals surface area contributed by atoms with E-state index in [0.29, 0.717) is 24.6 Å². The van der Waals surface area contributed by atoms with Crippen molar-refractivity contribution < 1.29 is 14.3 Å². The summed E-state index contributed by atoms with van der Waals surface area (Å²) in [5, 5.41) is 3.03. The van der Waals surface area contributed by atoms with Gasteiger partial charge in [0.25, 0.3) is 0 Å². The molecule has 1 saturated heterocycles. The monoisotopic (exact) mass is 318 g/mol. The molecule has 23 heavy (non-hydrogen) atoms. The molecular weight excluding hydrogens is 292 g/mol. The highest BCUT2D eigenvalue weighted by atomic mass is 16.5. The Morgan fingerprint density at radius 2 is 2.17 bits per heavy atom. The summed E-state index contributed by atoms with van der Waals surface area (Å²) in [5.41, 5.74) is 1.56. The number of nitrogens with zero attached hydrogens (tertiary/aromatic N) is 1. The smallest absolute Gasteiger partial charge is 0.337 e. The molecule has 1 N–H and O–H groups in total. The summed E-state index contributed by atoms with van der Waals surface area (Å²) in [7, 11) is 3.48. The highest BCUT2D eigenvalue weighted by Gasteiger charge is 2.27. The SMILES string of the molecule is COC(=O)c1cccc(CCNC(=O)[C@H]2CCN(C)[C@@H](C)C2)c1. The molecule has 5 nitrogen and oxygen atoms in total. The van der Waals surface area contributed by atoms with Crippen LogP contribution in [-0.4, -0.2) is 50.1 Å². The first-order valence-electron chi connectivity index (χ1n) is 8.16. The molecule has 1 aromatic carbocycles. The number of piperidine rings is 1. The topological polar surface area (TPSA) is 58.6 Å². The summed E-state index contributed by atoms with van der Waals surface area (Å²) in [6.45, 7) is 3.72. The number of hydrogen-bond donors (Lipinski definition) is 1. The first kappa shape index (κ1) is 17.5. The molecule has 1 aliphatic heterocycles. The van der Waals surface area contributed by atoms with Crippen LogP contribution in [0.15, 0.2) is 24.3 Å². The molecule has 1 fully saturated rings. The zero-order valence-electron chi connectivity index (χ0n) is 14.2. The number of ether oxygens (including phenoxy) is 1. The minimum Gasteiger partial charge on any atom is -0.465 e. The van der Waals surface area contributed by atoms with Gasteiger partial charge < -0.3 is 15.0 Å². The lowest BCUT2D eigenvalue weighted by molar-refractivity contribution is -0.126. The Hall–Kier alpha value is -1.88. The molecule has 0 aliphatic carbocycles. The van der Waals surface area contributed by atoms with Gasteiger partial charge in [-0.3, -0.25) is 4.79 Å². The van der Waals surface area contributed by atoms with E-state index in [1.807, 2.05) is 18.2 Å². The summed E-state index contributed by atoms with van der Waals surface area (Å²) < 4.78 is 4.72. The molecule has 126 valence electrons. The van der Waals surface area contributed by atoms with Crippen LogP contribution in [0.25, 0.3) is 0 Å². The first-order valence-corrected chi connectivity index (χ1v) is 8.16. The molecule has 1 aliphatic rings. The maximum Gasteiger partial charge on any atom is 0.337 e. The van der Waals surface area contributed by atoms with Crippen LogP contribution in [0, 0.1) is 5.92 Å². The van der Waals surface area contributed by atoms with Gasteiger partial charge in [0.15, 0.2) is 0 Å². The number of methoxy groups -OCH3 is 1. The average molecular weight is 318 g/mol. The molecule has 2 rings (SSSR count). The third kappa shape index (κ3) is 4.79. The van der Waals surface area contributed by atoms with Crippen LogP contribution in [0.2, 0.25) is 0 Å². The van der Waals surface area contributed by atoms with Crippen LogP contribution in [-0.2, 0) is 16.0 Å². The number of amides is 1. The van der Waals surface area contributed by atoms with E-state index in [4.69, 9.17) is 4.74 Å². The van der Waals surface area contributed by atoms with Crippen molar-refractivity contribution in [2.24, 2.45) is 5.92 Å². The van der Waals surface area contributed by atoms with E-state index in [1.54, 1.807) is 6.07 Å². The van der Waals surface area contributed by atoms with Crippen LogP contribution in [0.5, 0.6) is 0 Å². The normalized spacial score (nSPS) is 21.7. The average Bonchev–Trinajstić information content (AvgIpc) is 2.56. The van der Waals surface area contributed by atoms with Gasteiger partial charge in [0, 0.05) is 18.5 Å². The van der Waals surface area contributed by atoms with Crippen molar-refractivity contribution in [2.45, 2.75) is 32.2 Å². The molecule has 5 heteroatoms. The summed E-state index contributed by atoms with van der Waals surface area (Å²) in [5.74, 6) is -0.0760. The molecule has 1 amide bonds. The predicted octanol–water partition coefficient (Wildman–Crippen LogP) is 1.86. The fourth-order valence-electron chi connectivity index (χ4n) is 2.97. The van der Waals surface area contributed by atoms with Crippen molar-refractivity contribution in [1.29, 1.82) is 0 Å². The Morgan fingerprint density at radius 3 is 2.87 bits per heavy atom. The van der Waals surface area contributed by atoms with Crippen LogP contribution >= 0.6 is 0 Å². The van der Waals surface area contributed by atoms with Crippen LogP contribution in [0.3, 0.4) is 0 Å². The van der Waals surface area contributed by atoms with E-state index in [1.165, 1.54) is 7.11 Å². The molecule has 1 aromatic rings. The van der Waals surface area contributed by atoms with E-state index in [0.717, 1.165) is 24.9 Å². The number of likely N-dealkylation sites (tertiary alicyclic amines) is 1. The number of carbonyl (C=O) groups is 2. The second-order valence-electron chi connectivity index (χ2n) is 6.28. The summed E-state index contributed by atoms with van der Waals surface area (Å²) in [4.78, 5) is 26.1. The highest BCUT2D eigenvalue weighted by Crippen LogP contribution is 2.21. The Morgan fingerprint density at radius 1 is 1.39 bits per heavy atom. The Labute approximate surface area is 138 Å². The lowest BCUT2D eigenvalue weighted by atomic mass is 9.91. The molecule has 0 saturated carbocycles. The van der Waals surface area contributed by atoms with Crippen molar-refractivity contribution in [3.05, 3.63) is 35.4 Å². The van der Waals surface area contributed by atoms with Crippen molar-refractivity contribution >= 4 is 11.9 Å². The maximum atomic E-state index is 12.3. The summed E-state index contributed by atoms with van der Waals surface area (Å²) in [6.07, 6.45) is 2.55. The Balaban J connectivity index is 1.81. The van der Waals surface area contributed by atoms with Crippen molar-refractivity contribution in [3.63, 3.8) is 0 Å². The zero-order valence-corrected chi connectivity index (χ0v) is 14.2. The van der Waals surface area contributed by atoms with Gasteiger partial charge in [-0.15, -0.1) is 0 Å². The molecule has 0 spiro atoms. The van der Waals surface area contributed by atoms with Crippen LogP contribution < -0.4 is 5.32 Å². The van der Waals surface area contributed by atoms with E-state index in [9.17, 15) is 9.59 Å². The van der Waals surface area contributed by atoms with E-state index < -0.39 is 0 Å². The van der Waals surface area contributed by atoms with Gasteiger partial charge in [-0.1, -0.05) is 12.1 Å². The van der Waals surface area contributed by atoms with Gasteiger partial charge in [-0.25, -0.2) is 4.79 Å². The van der Waals surface area contributed by atoms with Crippen molar-refractivity contribution in [1.82, 2.24) is 10.2 Å². The summed E-state index contributed by atoms with van der Waals surface area (Å²) in [6, 6.07) is 7.79. The third-order valence-corrected chi connectivity index (χ3v) is 4.64.